The van der Waals surface area contributed by atoms with E-state index in [9.17, 15) is 0 Å². The van der Waals surface area contributed by atoms with Crippen LogP contribution in [0.4, 0.5) is 11.4 Å². The Balaban J connectivity index is 2.84. The van der Waals surface area contributed by atoms with E-state index in [1.165, 1.54) is 0 Å². The molecule has 0 spiro atoms. The van der Waals surface area contributed by atoms with Crippen molar-refractivity contribution in [2.75, 3.05) is 25.6 Å². The van der Waals surface area contributed by atoms with Crippen molar-refractivity contribution in [1.82, 2.24) is 0 Å². The normalized spacial score (nSPS) is 11.1. The number of rotatable bonds is 5. The van der Waals surface area contributed by atoms with Crippen LogP contribution < -0.4 is 22.5 Å². The Hall–Kier alpha value is -2.28. The van der Waals surface area contributed by atoms with Gasteiger partial charge in [-0.05, 0) is 12.1 Å². The standard InChI is InChI=1S/C11H18N6O/c1-18-7-6-15-8-4-2-3-5-9(8)16-11(14)17-10(12)13/h2-5,15H,6-7H2,1H3,(H6,12,13,14,16,17). The van der Waals surface area contributed by atoms with Gasteiger partial charge >= 0.3 is 0 Å². The third-order valence-corrected chi connectivity index (χ3v) is 2.00. The summed E-state index contributed by atoms with van der Waals surface area (Å²) in [6.07, 6.45) is 0. The number of aliphatic imine (C=N–C) groups is 2. The van der Waals surface area contributed by atoms with Crippen LogP contribution in [0.5, 0.6) is 0 Å². The Kier molecular flexibility index (Phi) is 5.46. The molecule has 0 amide bonds. The molecule has 0 saturated carbocycles. The summed E-state index contributed by atoms with van der Waals surface area (Å²) in [4.78, 5) is 7.78. The van der Waals surface area contributed by atoms with Crippen molar-refractivity contribution in [3.8, 4) is 0 Å². The number of anilines is 1. The Bertz CT molecular complexity index is 439. The topological polar surface area (TPSA) is 124 Å². The van der Waals surface area contributed by atoms with E-state index < -0.39 is 0 Å². The first-order chi connectivity index (χ1) is 8.63. The van der Waals surface area contributed by atoms with E-state index in [2.05, 4.69) is 15.3 Å². The Labute approximate surface area is 106 Å². The number of benzene rings is 1. The zero-order chi connectivity index (χ0) is 13.4. The highest BCUT2D eigenvalue weighted by molar-refractivity contribution is 5.94. The second-order valence-corrected chi connectivity index (χ2v) is 3.44. The largest absolute Gasteiger partial charge is 0.383 e. The first-order valence-corrected chi connectivity index (χ1v) is 5.39. The summed E-state index contributed by atoms with van der Waals surface area (Å²) in [5, 5.41) is 3.17. The molecule has 18 heavy (non-hydrogen) atoms. The van der Waals surface area contributed by atoms with Gasteiger partial charge in [0, 0.05) is 13.7 Å². The maximum atomic E-state index is 5.58. The molecule has 0 saturated heterocycles. The zero-order valence-electron chi connectivity index (χ0n) is 10.3. The van der Waals surface area contributed by atoms with E-state index in [4.69, 9.17) is 21.9 Å². The third-order valence-electron chi connectivity index (χ3n) is 2.00. The molecule has 0 fully saturated rings. The zero-order valence-corrected chi connectivity index (χ0v) is 10.3. The quantitative estimate of drug-likeness (QED) is 0.332. The van der Waals surface area contributed by atoms with Crippen LogP contribution in [0.2, 0.25) is 0 Å². The number of hydrogen-bond acceptors (Lipinski definition) is 3. The van der Waals surface area contributed by atoms with Crippen LogP contribution in [0.25, 0.3) is 0 Å². The van der Waals surface area contributed by atoms with E-state index in [-0.39, 0.29) is 11.9 Å². The van der Waals surface area contributed by atoms with Gasteiger partial charge in [-0.25, -0.2) is 4.99 Å². The predicted octanol–water partition coefficient (Wildman–Crippen LogP) is -0.0355. The number of methoxy groups -OCH3 is 1. The first kappa shape index (κ1) is 13.8. The van der Waals surface area contributed by atoms with Gasteiger partial charge in [0.15, 0.2) is 5.96 Å². The highest BCUT2D eigenvalue weighted by atomic mass is 16.5. The molecular formula is C11H18N6O. The summed E-state index contributed by atoms with van der Waals surface area (Å²) in [5.74, 6) is -0.114. The molecular weight excluding hydrogens is 232 g/mol. The van der Waals surface area contributed by atoms with Gasteiger partial charge in [0.1, 0.15) is 0 Å². The molecule has 0 bridgehead atoms. The maximum Gasteiger partial charge on any atom is 0.223 e. The molecule has 0 unspecified atom stereocenters. The second kappa shape index (κ2) is 7.13. The van der Waals surface area contributed by atoms with Crippen LogP contribution in [0.1, 0.15) is 0 Å². The summed E-state index contributed by atoms with van der Waals surface area (Å²) < 4.78 is 4.96. The molecule has 98 valence electrons. The summed E-state index contributed by atoms with van der Waals surface area (Å²) >= 11 is 0. The third kappa shape index (κ3) is 4.71. The lowest BCUT2D eigenvalue weighted by Crippen LogP contribution is -2.26. The SMILES string of the molecule is COCCNc1ccccc1N=C(N)N=C(N)N. The molecule has 1 rings (SSSR count). The minimum Gasteiger partial charge on any atom is -0.383 e. The van der Waals surface area contributed by atoms with Gasteiger partial charge in [0.05, 0.1) is 18.0 Å². The number of para-hydroxylation sites is 2. The van der Waals surface area contributed by atoms with Crippen molar-refractivity contribution in [3.05, 3.63) is 24.3 Å². The smallest absolute Gasteiger partial charge is 0.223 e. The van der Waals surface area contributed by atoms with Crippen LogP contribution in [0, 0.1) is 0 Å². The van der Waals surface area contributed by atoms with Crippen molar-refractivity contribution in [3.63, 3.8) is 0 Å². The lowest BCUT2D eigenvalue weighted by Gasteiger charge is -2.08. The van der Waals surface area contributed by atoms with Gasteiger partial charge in [-0.15, -0.1) is 0 Å². The molecule has 0 aliphatic heterocycles. The average molecular weight is 250 g/mol. The number of nitrogens with zero attached hydrogens (tertiary/aromatic N) is 2. The van der Waals surface area contributed by atoms with Crippen molar-refractivity contribution < 1.29 is 4.74 Å². The molecule has 0 aliphatic rings. The Morgan fingerprint density at radius 2 is 2.00 bits per heavy atom. The highest BCUT2D eigenvalue weighted by Crippen LogP contribution is 2.23. The number of guanidine groups is 2. The number of ether oxygens (including phenoxy) is 1. The number of hydrogen-bond donors (Lipinski definition) is 4. The minimum atomic E-state index is -0.124. The lowest BCUT2D eigenvalue weighted by molar-refractivity contribution is 0.211. The van der Waals surface area contributed by atoms with Gasteiger partial charge in [-0.1, -0.05) is 12.1 Å². The molecule has 0 heterocycles. The molecule has 7 nitrogen and oxygen atoms in total. The van der Waals surface area contributed by atoms with E-state index >= 15 is 0 Å². The van der Waals surface area contributed by atoms with Crippen LogP contribution in [0.3, 0.4) is 0 Å². The molecule has 7 N–H and O–H groups in total. The van der Waals surface area contributed by atoms with Crippen molar-refractivity contribution in [2.45, 2.75) is 0 Å². The number of nitrogens with two attached hydrogens (primary N) is 3. The summed E-state index contributed by atoms with van der Waals surface area (Å²) in [5.41, 5.74) is 17.5. The second-order valence-electron chi connectivity index (χ2n) is 3.44. The fraction of sp³-hybridized carbons (Fsp3) is 0.273. The van der Waals surface area contributed by atoms with Crippen molar-refractivity contribution in [1.29, 1.82) is 0 Å². The van der Waals surface area contributed by atoms with Gasteiger partial charge in [-0.2, -0.15) is 4.99 Å². The fourth-order valence-electron chi connectivity index (χ4n) is 1.29. The minimum absolute atomic E-state index is 0.0102. The Morgan fingerprint density at radius 1 is 1.28 bits per heavy atom. The fourth-order valence-corrected chi connectivity index (χ4v) is 1.29. The van der Waals surface area contributed by atoms with Crippen LogP contribution >= 0.6 is 0 Å². The van der Waals surface area contributed by atoms with E-state index in [1.54, 1.807) is 7.11 Å². The van der Waals surface area contributed by atoms with E-state index in [0.717, 1.165) is 5.69 Å². The molecule has 0 atom stereocenters. The Morgan fingerprint density at radius 3 is 2.67 bits per heavy atom. The van der Waals surface area contributed by atoms with Gasteiger partial charge in [0.25, 0.3) is 0 Å². The molecule has 0 aromatic heterocycles. The van der Waals surface area contributed by atoms with Crippen molar-refractivity contribution >= 4 is 23.3 Å². The monoisotopic (exact) mass is 250 g/mol. The summed E-state index contributed by atoms with van der Waals surface area (Å²) in [7, 11) is 1.64. The molecule has 7 heteroatoms. The highest BCUT2D eigenvalue weighted by Gasteiger charge is 2.00. The molecule has 1 aromatic carbocycles. The number of nitrogens with one attached hydrogen (secondary N) is 1. The van der Waals surface area contributed by atoms with E-state index in [1.807, 2.05) is 24.3 Å². The average Bonchev–Trinajstić information content (AvgIpc) is 2.30. The predicted molar refractivity (Wildman–Crippen MR) is 73.9 cm³/mol. The lowest BCUT2D eigenvalue weighted by atomic mass is 10.2. The molecule has 0 aliphatic carbocycles. The van der Waals surface area contributed by atoms with E-state index in [0.29, 0.717) is 18.8 Å². The summed E-state index contributed by atoms with van der Waals surface area (Å²) in [6.45, 7) is 1.27. The van der Waals surface area contributed by atoms with Crippen molar-refractivity contribution in [2.24, 2.45) is 27.2 Å². The first-order valence-electron chi connectivity index (χ1n) is 5.39. The van der Waals surface area contributed by atoms with Crippen LogP contribution in [-0.4, -0.2) is 32.2 Å². The van der Waals surface area contributed by atoms with Gasteiger partial charge < -0.3 is 27.3 Å². The van der Waals surface area contributed by atoms with Gasteiger partial charge in [-0.3, -0.25) is 0 Å². The molecule has 1 aromatic rings. The summed E-state index contributed by atoms with van der Waals surface area (Å²) in [6, 6.07) is 7.44. The van der Waals surface area contributed by atoms with Crippen LogP contribution in [0.15, 0.2) is 34.3 Å². The molecule has 0 radical (unpaired) electrons. The van der Waals surface area contributed by atoms with Crippen LogP contribution in [-0.2, 0) is 4.74 Å². The van der Waals surface area contributed by atoms with Gasteiger partial charge in [0.2, 0.25) is 5.96 Å². The maximum absolute atomic E-state index is 5.58.